The Balaban J connectivity index is 2.29. The molecule has 20 heavy (non-hydrogen) atoms. The predicted molar refractivity (Wildman–Crippen MR) is 76.3 cm³/mol. The van der Waals surface area contributed by atoms with Crippen LogP contribution in [0.2, 0.25) is 0 Å². The summed E-state index contributed by atoms with van der Waals surface area (Å²) in [5.41, 5.74) is -0.0917. The molecule has 0 fully saturated rings. The van der Waals surface area contributed by atoms with E-state index in [-0.39, 0.29) is 17.5 Å². The van der Waals surface area contributed by atoms with Crippen molar-refractivity contribution in [1.29, 1.82) is 0 Å². The molecular formula is C12H14N4O3S. The van der Waals surface area contributed by atoms with E-state index in [9.17, 15) is 10.1 Å². The van der Waals surface area contributed by atoms with Gasteiger partial charge in [0.25, 0.3) is 0 Å². The van der Waals surface area contributed by atoms with Gasteiger partial charge in [0, 0.05) is 23.2 Å². The van der Waals surface area contributed by atoms with Crippen LogP contribution in [0.25, 0.3) is 0 Å². The van der Waals surface area contributed by atoms with Crippen LogP contribution in [0.1, 0.15) is 22.9 Å². The van der Waals surface area contributed by atoms with E-state index in [2.05, 4.69) is 15.3 Å². The first-order valence-corrected chi connectivity index (χ1v) is 6.71. The van der Waals surface area contributed by atoms with Crippen LogP contribution >= 0.6 is 11.3 Å². The number of nitro groups is 1. The SMILES string of the molecule is COc1ccc([N+](=O)[O-])c(NC(C)c2ncc(C)s2)n1. The molecular weight excluding hydrogens is 280 g/mol. The van der Waals surface area contributed by atoms with Gasteiger partial charge in [-0.1, -0.05) is 0 Å². The molecule has 0 aliphatic rings. The molecule has 0 spiro atoms. The molecule has 0 bridgehead atoms. The van der Waals surface area contributed by atoms with Crippen LogP contribution < -0.4 is 10.1 Å². The van der Waals surface area contributed by atoms with Gasteiger partial charge in [0.1, 0.15) is 5.01 Å². The minimum Gasteiger partial charge on any atom is -0.481 e. The van der Waals surface area contributed by atoms with Gasteiger partial charge in [-0.3, -0.25) is 10.1 Å². The van der Waals surface area contributed by atoms with Gasteiger partial charge in [-0.05, 0) is 13.8 Å². The molecule has 8 heteroatoms. The molecule has 0 aliphatic heterocycles. The third-order valence-electron chi connectivity index (χ3n) is 2.62. The summed E-state index contributed by atoms with van der Waals surface area (Å²) in [5, 5.41) is 14.9. The Morgan fingerprint density at radius 3 is 2.80 bits per heavy atom. The molecule has 2 aromatic heterocycles. The smallest absolute Gasteiger partial charge is 0.311 e. The Kier molecular flexibility index (Phi) is 4.14. The van der Waals surface area contributed by atoms with Crippen molar-refractivity contribution in [3.8, 4) is 5.88 Å². The summed E-state index contributed by atoms with van der Waals surface area (Å²) in [6.45, 7) is 3.84. The third kappa shape index (κ3) is 3.02. The number of rotatable bonds is 5. The molecule has 1 atom stereocenters. The van der Waals surface area contributed by atoms with Gasteiger partial charge in [-0.2, -0.15) is 4.98 Å². The average Bonchev–Trinajstić information content (AvgIpc) is 2.85. The Bertz CT molecular complexity index is 629. The van der Waals surface area contributed by atoms with Crippen molar-refractivity contribution in [3.05, 3.63) is 38.3 Å². The second kappa shape index (κ2) is 5.83. The van der Waals surface area contributed by atoms with E-state index in [1.807, 2.05) is 13.8 Å². The van der Waals surface area contributed by atoms with Gasteiger partial charge in [0.05, 0.1) is 18.1 Å². The first-order chi connectivity index (χ1) is 9.51. The topological polar surface area (TPSA) is 90.2 Å². The summed E-state index contributed by atoms with van der Waals surface area (Å²) in [5.74, 6) is 0.496. The second-order valence-corrected chi connectivity index (χ2v) is 5.42. The zero-order chi connectivity index (χ0) is 14.7. The zero-order valence-electron chi connectivity index (χ0n) is 11.3. The van der Waals surface area contributed by atoms with E-state index in [1.165, 1.54) is 30.6 Å². The molecule has 2 rings (SSSR count). The zero-order valence-corrected chi connectivity index (χ0v) is 12.1. The minimum atomic E-state index is -0.478. The molecule has 7 nitrogen and oxygen atoms in total. The van der Waals surface area contributed by atoms with Crippen molar-refractivity contribution >= 4 is 22.8 Å². The molecule has 0 amide bonds. The van der Waals surface area contributed by atoms with E-state index < -0.39 is 4.92 Å². The molecule has 0 radical (unpaired) electrons. The highest BCUT2D eigenvalue weighted by Gasteiger charge is 2.19. The summed E-state index contributed by atoms with van der Waals surface area (Å²) in [6.07, 6.45) is 1.77. The number of methoxy groups -OCH3 is 1. The fourth-order valence-corrected chi connectivity index (χ4v) is 2.42. The van der Waals surface area contributed by atoms with E-state index in [1.54, 1.807) is 6.20 Å². The Morgan fingerprint density at radius 2 is 2.25 bits per heavy atom. The van der Waals surface area contributed by atoms with Crippen LogP contribution in [-0.2, 0) is 0 Å². The van der Waals surface area contributed by atoms with E-state index in [4.69, 9.17) is 4.74 Å². The van der Waals surface area contributed by atoms with E-state index in [0.717, 1.165) is 9.88 Å². The number of hydrogen-bond acceptors (Lipinski definition) is 7. The normalized spacial score (nSPS) is 11.9. The number of nitrogens with one attached hydrogen (secondary N) is 1. The largest absolute Gasteiger partial charge is 0.481 e. The van der Waals surface area contributed by atoms with E-state index in [0.29, 0.717) is 5.88 Å². The standard InChI is InChI=1S/C12H14N4O3S/c1-7-6-13-12(20-7)8(2)14-11-9(16(17)18)4-5-10(15-11)19-3/h4-6,8H,1-3H3,(H,14,15). The summed E-state index contributed by atoms with van der Waals surface area (Å²) >= 11 is 1.54. The maximum atomic E-state index is 11.0. The third-order valence-corrected chi connectivity index (χ3v) is 3.71. The van der Waals surface area contributed by atoms with Gasteiger partial charge in [-0.15, -0.1) is 11.3 Å². The highest BCUT2D eigenvalue weighted by atomic mass is 32.1. The van der Waals surface area contributed by atoms with Gasteiger partial charge in [0.2, 0.25) is 11.7 Å². The lowest BCUT2D eigenvalue weighted by molar-refractivity contribution is -0.384. The molecule has 0 saturated heterocycles. The van der Waals surface area contributed by atoms with Gasteiger partial charge < -0.3 is 10.1 Å². The van der Waals surface area contributed by atoms with Gasteiger partial charge in [0.15, 0.2) is 0 Å². The maximum absolute atomic E-state index is 11.0. The number of thiazole rings is 1. The first kappa shape index (κ1) is 14.2. The second-order valence-electron chi connectivity index (χ2n) is 4.15. The number of anilines is 1. The van der Waals surface area contributed by atoms with Crippen molar-refractivity contribution in [3.63, 3.8) is 0 Å². The van der Waals surface area contributed by atoms with Gasteiger partial charge in [-0.25, -0.2) is 4.98 Å². The quantitative estimate of drug-likeness (QED) is 0.673. The average molecular weight is 294 g/mol. The van der Waals surface area contributed by atoms with Gasteiger partial charge >= 0.3 is 5.69 Å². The van der Waals surface area contributed by atoms with Crippen LogP contribution in [0, 0.1) is 17.0 Å². The summed E-state index contributed by atoms with van der Waals surface area (Å²) in [6, 6.07) is 2.65. The number of aryl methyl sites for hydroxylation is 1. The number of hydrogen-bond donors (Lipinski definition) is 1. The molecule has 0 saturated carbocycles. The van der Waals surface area contributed by atoms with Crippen molar-refractivity contribution in [1.82, 2.24) is 9.97 Å². The maximum Gasteiger partial charge on any atom is 0.311 e. The predicted octanol–water partition coefficient (Wildman–Crippen LogP) is 2.94. The molecule has 0 aromatic carbocycles. The lowest BCUT2D eigenvalue weighted by Gasteiger charge is -2.12. The fraction of sp³-hybridized carbons (Fsp3) is 0.333. The highest BCUT2D eigenvalue weighted by molar-refractivity contribution is 7.11. The Labute approximate surface area is 119 Å². The van der Waals surface area contributed by atoms with Crippen molar-refractivity contribution in [2.24, 2.45) is 0 Å². The Hall–Kier alpha value is -2.22. The fourth-order valence-electron chi connectivity index (χ4n) is 1.64. The van der Waals surface area contributed by atoms with Crippen molar-refractivity contribution in [2.45, 2.75) is 19.9 Å². The van der Waals surface area contributed by atoms with Crippen LogP contribution in [0.15, 0.2) is 18.3 Å². The monoisotopic (exact) mass is 294 g/mol. The summed E-state index contributed by atoms with van der Waals surface area (Å²) < 4.78 is 4.99. The number of pyridine rings is 1. The number of nitrogens with zero attached hydrogens (tertiary/aromatic N) is 3. The summed E-state index contributed by atoms with van der Waals surface area (Å²) in [4.78, 5) is 20.0. The van der Waals surface area contributed by atoms with Crippen LogP contribution in [0.3, 0.4) is 0 Å². The Morgan fingerprint density at radius 1 is 1.50 bits per heavy atom. The molecule has 106 valence electrons. The molecule has 1 unspecified atom stereocenters. The van der Waals surface area contributed by atoms with Crippen LogP contribution in [0.4, 0.5) is 11.5 Å². The van der Waals surface area contributed by atoms with Crippen molar-refractivity contribution in [2.75, 3.05) is 12.4 Å². The lowest BCUT2D eigenvalue weighted by Crippen LogP contribution is -2.10. The first-order valence-electron chi connectivity index (χ1n) is 5.89. The highest BCUT2D eigenvalue weighted by Crippen LogP contribution is 2.29. The molecule has 0 aliphatic carbocycles. The van der Waals surface area contributed by atoms with Crippen LogP contribution in [-0.4, -0.2) is 22.0 Å². The van der Waals surface area contributed by atoms with Crippen molar-refractivity contribution < 1.29 is 9.66 Å². The lowest BCUT2D eigenvalue weighted by atomic mass is 10.3. The molecule has 1 N–H and O–H groups in total. The minimum absolute atomic E-state index is 0.0917. The molecule has 2 heterocycles. The number of aromatic nitrogens is 2. The number of ether oxygens (including phenoxy) is 1. The van der Waals surface area contributed by atoms with Crippen LogP contribution in [0.5, 0.6) is 5.88 Å². The summed E-state index contributed by atoms with van der Waals surface area (Å²) in [7, 11) is 1.46. The van der Waals surface area contributed by atoms with E-state index >= 15 is 0 Å². The molecule has 2 aromatic rings.